The fourth-order valence-electron chi connectivity index (χ4n) is 4.74. The van der Waals surface area contributed by atoms with Crippen LogP contribution in [0, 0.1) is 6.92 Å². The number of ether oxygens (including phenoxy) is 1. The lowest BCUT2D eigenvalue weighted by Crippen LogP contribution is -2.54. The predicted molar refractivity (Wildman–Crippen MR) is 154 cm³/mol. The molecule has 1 aliphatic heterocycles. The van der Waals surface area contributed by atoms with Gasteiger partial charge in [0.15, 0.2) is 5.82 Å². The maximum Gasteiger partial charge on any atom is 0.254 e. The Balaban J connectivity index is 1.07. The van der Waals surface area contributed by atoms with Crippen LogP contribution in [0.4, 0.5) is 5.13 Å². The molecular weight excluding hydrogens is 540 g/mol. The first-order valence-corrected chi connectivity index (χ1v) is 14.0. The molecule has 0 aliphatic carbocycles. The van der Waals surface area contributed by atoms with E-state index in [9.17, 15) is 9.90 Å². The Labute approximate surface area is 241 Å². The minimum Gasteiger partial charge on any atom is -0.457 e. The molecule has 1 fully saturated rings. The molecule has 0 bridgehead atoms. The van der Waals surface area contributed by atoms with E-state index in [-0.39, 0.29) is 11.9 Å². The second-order valence-corrected chi connectivity index (χ2v) is 10.6. The molecular formula is C30H28N6O4S. The van der Waals surface area contributed by atoms with Crippen LogP contribution >= 0.6 is 11.5 Å². The molecule has 0 spiro atoms. The zero-order valence-corrected chi connectivity index (χ0v) is 23.4. The van der Waals surface area contributed by atoms with E-state index in [1.165, 1.54) is 11.5 Å². The van der Waals surface area contributed by atoms with Gasteiger partial charge in [0.05, 0.1) is 0 Å². The van der Waals surface area contributed by atoms with E-state index in [1.807, 2.05) is 78.6 Å². The van der Waals surface area contributed by atoms with E-state index in [0.29, 0.717) is 54.1 Å². The maximum atomic E-state index is 13.3. The number of hydrogen-bond acceptors (Lipinski definition) is 10. The largest absolute Gasteiger partial charge is 0.457 e. The van der Waals surface area contributed by atoms with Gasteiger partial charge in [-0.05, 0) is 48.9 Å². The predicted octanol–water partition coefficient (Wildman–Crippen LogP) is 5.12. The fourth-order valence-corrected chi connectivity index (χ4v) is 5.47. The average Bonchev–Trinajstić information content (AvgIpc) is 3.67. The van der Waals surface area contributed by atoms with Gasteiger partial charge in [-0.25, -0.2) is 4.98 Å². The minimum atomic E-state index is -0.953. The van der Waals surface area contributed by atoms with E-state index >= 15 is 0 Å². The molecule has 3 aromatic carbocycles. The molecule has 2 aromatic heterocycles. The lowest BCUT2D eigenvalue weighted by molar-refractivity contribution is 0.0674. The first-order valence-electron chi connectivity index (χ1n) is 13.3. The third-order valence-corrected chi connectivity index (χ3v) is 7.72. The summed E-state index contributed by atoms with van der Waals surface area (Å²) in [5.41, 5.74) is 2.08. The topological polar surface area (TPSA) is 118 Å². The smallest absolute Gasteiger partial charge is 0.254 e. The number of rotatable bonds is 7. The van der Waals surface area contributed by atoms with E-state index < -0.39 is 6.10 Å². The summed E-state index contributed by atoms with van der Waals surface area (Å²) in [4.78, 5) is 26.1. The van der Waals surface area contributed by atoms with Crippen LogP contribution in [0.2, 0.25) is 0 Å². The number of para-hydroxylation sites is 1. The van der Waals surface area contributed by atoms with Crippen LogP contribution in [0.25, 0.3) is 11.4 Å². The molecule has 208 valence electrons. The Morgan fingerprint density at radius 2 is 1.73 bits per heavy atom. The lowest BCUT2D eigenvalue weighted by Gasteiger charge is -2.39. The Bertz CT molecular complexity index is 1620. The van der Waals surface area contributed by atoms with Crippen molar-refractivity contribution < 1.29 is 19.2 Å². The number of nitrogens with zero attached hydrogens (tertiary/aromatic N) is 6. The van der Waals surface area contributed by atoms with Gasteiger partial charge in [0.25, 0.3) is 5.91 Å². The number of aliphatic hydroxyl groups is 1. The molecule has 6 rings (SSSR count). The van der Waals surface area contributed by atoms with E-state index in [2.05, 4.69) is 24.4 Å². The molecule has 11 heteroatoms. The second kappa shape index (κ2) is 11.5. The quantitative estimate of drug-likeness (QED) is 0.285. The molecule has 1 N–H and O–H groups in total. The number of benzene rings is 3. The molecule has 41 heavy (non-hydrogen) atoms. The molecule has 1 saturated heterocycles. The average molecular weight is 569 g/mol. The lowest BCUT2D eigenvalue weighted by atomic mass is 10.1. The molecule has 5 aromatic rings. The molecule has 0 saturated carbocycles. The van der Waals surface area contributed by atoms with Gasteiger partial charge in [0.2, 0.25) is 16.8 Å². The molecule has 2 unspecified atom stereocenters. The standard InChI is InChI=1S/C30H28N6O4S/c1-19-18-35(16-17-36(19)29(38)23-10-8-22(9-11-23)27-31-20(2)40-33-27)30-32-28(34-41-30)26(37)21-12-14-25(15-13-21)39-24-6-4-3-5-7-24/h3-15,19,26,37H,16-18H2,1-2H3. The van der Waals surface area contributed by atoms with Crippen LogP contribution < -0.4 is 9.64 Å². The summed E-state index contributed by atoms with van der Waals surface area (Å²) in [7, 11) is 0. The van der Waals surface area contributed by atoms with Crippen LogP contribution in [0.3, 0.4) is 0 Å². The van der Waals surface area contributed by atoms with Crippen LogP contribution in [0.1, 0.15) is 40.7 Å². The van der Waals surface area contributed by atoms with Crippen molar-refractivity contribution in [3.05, 3.63) is 102 Å². The van der Waals surface area contributed by atoms with Crippen molar-refractivity contribution in [3.63, 3.8) is 0 Å². The molecule has 1 amide bonds. The number of aliphatic hydroxyl groups excluding tert-OH is 1. The molecule has 2 atom stereocenters. The number of piperazine rings is 1. The highest BCUT2D eigenvalue weighted by atomic mass is 32.1. The third kappa shape index (κ3) is 5.81. The fraction of sp³-hybridized carbons (Fsp3) is 0.233. The first-order chi connectivity index (χ1) is 19.9. The number of carbonyl (C=O) groups excluding carboxylic acids is 1. The summed E-state index contributed by atoms with van der Waals surface area (Å²) >= 11 is 1.25. The highest BCUT2D eigenvalue weighted by molar-refractivity contribution is 7.09. The zero-order valence-electron chi connectivity index (χ0n) is 22.5. The minimum absolute atomic E-state index is 0.0268. The van der Waals surface area contributed by atoms with E-state index in [4.69, 9.17) is 9.26 Å². The Kier molecular flexibility index (Phi) is 7.45. The van der Waals surface area contributed by atoms with Crippen molar-refractivity contribution in [1.82, 2.24) is 24.4 Å². The van der Waals surface area contributed by atoms with Gasteiger partial charge in [-0.1, -0.05) is 47.6 Å². The SMILES string of the molecule is Cc1nc(-c2ccc(C(=O)N3CCN(c4nc(C(O)c5ccc(Oc6ccccc6)cc5)ns4)CC3C)cc2)no1. The maximum absolute atomic E-state index is 13.3. The molecule has 10 nitrogen and oxygen atoms in total. The molecule has 1 aliphatic rings. The van der Waals surface area contributed by atoms with Crippen molar-refractivity contribution in [1.29, 1.82) is 0 Å². The van der Waals surface area contributed by atoms with E-state index in [1.54, 1.807) is 19.1 Å². The van der Waals surface area contributed by atoms with Gasteiger partial charge in [-0.2, -0.15) is 9.36 Å². The van der Waals surface area contributed by atoms with Gasteiger partial charge >= 0.3 is 0 Å². The highest BCUT2D eigenvalue weighted by Gasteiger charge is 2.30. The zero-order chi connectivity index (χ0) is 28.3. The van der Waals surface area contributed by atoms with Crippen LogP contribution in [-0.2, 0) is 0 Å². The number of anilines is 1. The summed E-state index contributed by atoms with van der Waals surface area (Å²) in [6, 6.07) is 24.0. The number of hydrogen-bond donors (Lipinski definition) is 1. The summed E-state index contributed by atoms with van der Waals surface area (Å²) in [5.74, 6) is 2.74. The number of aryl methyl sites for hydroxylation is 1. The monoisotopic (exact) mass is 568 g/mol. The Morgan fingerprint density at radius 3 is 2.41 bits per heavy atom. The third-order valence-electron chi connectivity index (χ3n) is 6.93. The Morgan fingerprint density at radius 1 is 1.00 bits per heavy atom. The number of amides is 1. The first kappa shape index (κ1) is 26.6. The highest BCUT2D eigenvalue weighted by Crippen LogP contribution is 2.29. The van der Waals surface area contributed by atoms with Crippen molar-refractivity contribution in [2.75, 3.05) is 24.5 Å². The van der Waals surface area contributed by atoms with Crippen molar-refractivity contribution in [2.45, 2.75) is 26.0 Å². The molecule has 3 heterocycles. The van der Waals surface area contributed by atoms with Gasteiger partial charge < -0.3 is 24.2 Å². The summed E-state index contributed by atoms with van der Waals surface area (Å²) in [6.45, 7) is 5.54. The van der Waals surface area contributed by atoms with Crippen molar-refractivity contribution >= 4 is 22.6 Å². The normalized spacial score (nSPS) is 16.0. The summed E-state index contributed by atoms with van der Waals surface area (Å²) < 4.78 is 15.3. The van der Waals surface area contributed by atoms with Gasteiger partial charge in [0.1, 0.15) is 17.6 Å². The second-order valence-electron chi connectivity index (χ2n) is 9.83. The van der Waals surface area contributed by atoms with Crippen LogP contribution in [0.5, 0.6) is 11.5 Å². The summed E-state index contributed by atoms with van der Waals surface area (Å²) in [6.07, 6.45) is -0.953. The Hall–Kier alpha value is -4.61. The van der Waals surface area contributed by atoms with E-state index in [0.717, 1.165) is 16.4 Å². The number of carbonyl (C=O) groups is 1. The van der Waals surface area contributed by atoms with Gasteiger partial charge in [-0.15, -0.1) is 0 Å². The van der Waals surface area contributed by atoms with Crippen molar-refractivity contribution in [2.24, 2.45) is 0 Å². The molecule has 0 radical (unpaired) electrons. The van der Waals surface area contributed by atoms with Gasteiger partial charge in [0, 0.05) is 55.3 Å². The van der Waals surface area contributed by atoms with Crippen LogP contribution in [-0.4, -0.2) is 61.1 Å². The van der Waals surface area contributed by atoms with Gasteiger partial charge in [-0.3, -0.25) is 4.79 Å². The van der Waals surface area contributed by atoms with Crippen LogP contribution in [0.15, 0.2) is 83.4 Å². The summed E-state index contributed by atoms with van der Waals surface area (Å²) in [5, 5.41) is 15.6. The number of aromatic nitrogens is 4. The van der Waals surface area contributed by atoms with Crippen molar-refractivity contribution in [3.8, 4) is 22.9 Å².